The molecule has 180 valence electrons. The van der Waals surface area contributed by atoms with E-state index in [0.717, 1.165) is 30.5 Å². The SMILES string of the molecule is COc1cc(/C=C2\SC(=S)N(CCCCCC(=O)Nc3ccc(C)cc3)C2=O)cc(OC)c1O. The molecule has 0 bridgehead atoms. The van der Waals surface area contributed by atoms with Gasteiger partial charge in [-0.3, -0.25) is 14.5 Å². The molecule has 1 saturated heterocycles. The fourth-order valence-electron chi connectivity index (χ4n) is 3.43. The molecule has 2 aromatic rings. The van der Waals surface area contributed by atoms with Crippen LogP contribution in [0.1, 0.15) is 36.8 Å². The van der Waals surface area contributed by atoms with Gasteiger partial charge in [-0.2, -0.15) is 0 Å². The van der Waals surface area contributed by atoms with Gasteiger partial charge in [0.05, 0.1) is 19.1 Å². The van der Waals surface area contributed by atoms with Gasteiger partial charge >= 0.3 is 0 Å². The van der Waals surface area contributed by atoms with Crippen LogP contribution in [0.3, 0.4) is 0 Å². The van der Waals surface area contributed by atoms with Gasteiger partial charge in [-0.25, -0.2) is 0 Å². The summed E-state index contributed by atoms with van der Waals surface area (Å²) < 4.78 is 10.9. The molecule has 0 unspecified atom stereocenters. The van der Waals surface area contributed by atoms with Gasteiger partial charge in [0.1, 0.15) is 4.32 Å². The van der Waals surface area contributed by atoms with Crippen molar-refractivity contribution in [1.82, 2.24) is 4.90 Å². The van der Waals surface area contributed by atoms with Crippen molar-refractivity contribution in [3.63, 3.8) is 0 Å². The first-order valence-corrected chi connectivity index (χ1v) is 12.1. The molecular formula is C25H28N2O5S2. The second kappa shape index (κ2) is 11.9. The molecule has 0 saturated carbocycles. The smallest absolute Gasteiger partial charge is 0.266 e. The molecule has 1 aliphatic rings. The Morgan fingerprint density at radius 2 is 1.76 bits per heavy atom. The summed E-state index contributed by atoms with van der Waals surface area (Å²) in [5, 5.41) is 13.0. The highest BCUT2D eigenvalue weighted by atomic mass is 32.2. The minimum absolute atomic E-state index is 0.0165. The first-order valence-electron chi connectivity index (χ1n) is 10.9. The summed E-state index contributed by atoms with van der Waals surface area (Å²) in [5.74, 6) is 0.248. The van der Waals surface area contributed by atoms with E-state index in [1.807, 2.05) is 31.2 Å². The molecule has 9 heteroatoms. The monoisotopic (exact) mass is 500 g/mol. The van der Waals surface area contributed by atoms with Gasteiger partial charge in [0.25, 0.3) is 5.91 Å². The van der Waals surface area contributed by atoms with Crippen LogP contribution in [0.15, 0.2) is 41.3 Å². The fraction of sp³-hybridized carbons (Fsp3) is 0.320. The molecule has 0 atom stereocenters. The third-order valence-corrected chi connectivity index (χ3v) is 6.67. The topological polar surface area (TPSA) is 88.1 Å². The zero-order valence-corrected chi connectivity index (χ0v) is 21.1. The number of phenolic OH excluding ortho intramolecular Hbond substituents is 1. The van der Waals surface area contributed by atoms with Gasteiger partial charge in [0.15, 0.2) is 11.5 Å². The Morgan fingerprint density at radius 3 is 2.38 bits per heavy atom. The number of carbonyl (C=O) groups is 2. The summed E-state index contributed by atoms with van der Waals surface area (Å²) in [6, 6.07) is 11.0. The van der Waals surface area contributed by atoms with Crippen LogP contribution in [0.25, 0.3) is 6.08 Å². The summed E-state index contributed by atoms with van der Waals surface area (Å²) in [4.78, 5) is 27.1. The number of thiocarbonyl (C=S) groups is 1. The number of amides is 2. The maximum absolute atomic E-state index is 12.9. The number of ether oxygens (including phenoxy) is 2. The van der Waals surface area contributed by atoms with Crippen molar-refractivity contribution >= 4 is 51.9 Å². The summed E-state index contributed by atoms with van der Waals surface area (Å²) in [6.45, 7) is 2.51. The number of unbranched alkanes of at least 4 members (excludes halogenated alkanes) is 2. The first kappa shape index (κ1) is 25.6. The normalized spacial score (nSPS) is 14.6. The van der Waals surface area contributed by atoms with Gasteiger partial charge in [-0.15, -0.1) is 0 Å². The van der Waals surface area contributed by atoms with Crippen LogP contribution < -0.4 is 14.8 Å². The van der Waals surface area contributed by atoms with E-state index in [0.29, 0.717) is 27.8 Å². The number of thioether (sulfide) groups is 1. The summed E-state index contributed by atoms with van der Waals surface area (Å²) >= 11 is 6.64. The average Bonchev–Trinajstić information content (AvgIpc) is 3.08. The number of methoxy groups -OCH3 is 2. The Bertz CT molecular complexity index is 1070. The van der Waals surface area contributed by atoms with Crippen LogP contribution in [-0.2, 0) is 9.59 Å². The lowest BCUT2D eigenvalue weighted by Gasteiger charge is -2.14. The predicted molar refractivity (Wildman–Crippen MR) is 139 cm³/mol. The van der Waals surface area contributed by atoms with Crippen molar-refractivity contribution in [2.24, 2.45) is 0 Å². The Balaban J connectivity index is 1.49. The van der Waals surface area contributed by atoms with Crippen molar-refractivity contribution in [2.45, 2.75) is 32.6 Å². The molecule has 0 aliphatic carbocycles. The van der Waals surface area contributed by atoms with Crippen LogP contribution >= 0.6 is 24.0 Å². The zero-order valence-electron chi connectivity index (χ0n) is 19.4. The maximum Gasteiger partial charge on any atom is 0.266 e. The lowest BCUT2D eigenvalue weighted by atomic mass is 10.1. The highest BCUT2D eigenvalue weighted by Gasteiger charge is 2.31. The number of carbonyl (C=O) groups excluding carboxylic acids is 2. The van der Waals surface area contributed by atoms with E-state index < -0.39 is 0 Å². The Kier molecular flexibility index (Phi) is 8.95. The number of hydrogen-bond donors (Lipinski definition) is 2. The van der Waals surface area contributed by atoms with Crippen LogP contribution in [0.4, 0.5) is 5.69 Å². The van der Waals surface area contributed by atoms with Gasteiger partial charge in [0.2, 0.25) is 11.7 Å². The molecule has 1 aliphatic heterocycles. The largest absolute Gasteiger partial charge is 0.502 e. The second-order valence-electron chi connectivity index (χ2n) is 7.83. The maximum atomic E-state index is 12.9. The summed E-state index contributed by atoms with van der Waals surface area (Å²) in [5.41, 5.74) is 2.60. The Hall–Kier alpha value is -3.04. The Morgan fingerprint density at radius 1 is 1.12 bits per heavy atom. The van der Waals surface area contributed by atoms with E-state index in [9.17, 15) is 14.7 Å². The number of benzene rings is 2. The number of aromatic hydroxyl groups is 1. The van der Waals surface area contributed by atoms with E-state index >= 15 is 0 Å². The van der Waals surface area contributed by atoms with Gasteiger partial charge in [-0.1, -0.05) is 48.1 Å². The molecule has 7 nitrogen and oxygen atoms in total. The van der Waals surface area contributed by atoms with Crippen molar-refractivity contribution in [1.29, 1.82) is 0 Å². The van der Waals surface area contributed by atoms with Gasteiger partial charge in [0, 0.05) is 18.7 Å². The third-order valence-electron chi connectivity index (χ3n) is 5.29. The molecule has 1 fully saturated rings. The predicted octanol–water partition coefficient (Wildman–Crippen LogP) is 5.12. The molecule has 3 rings (SSSR count). The molecule has 34 heavy (non-hydrogen) atoms. The summed E-state index contributed by atoms with van der Waals surface area (Å²) in [6.07, 6.45) is 4.42. The lowest BCUT2D eigenvalue weighted by molar-refractivity contribution is -0.122. The van der Waals surface area contributed by atoms with E-state index in [-0.39, 0.29) is 29.1 Å². The molecule has 2 amide bonds. The molecule has 2 aromatic carbocycles. The zero-order chi connectivity index (χ0) is 24.7. The molecule has 2 N–H and O–H groups in total. The van der Waals surface area contributed by atoms with Crippen LogP contribution in [0, 0.1) is 6.92 Å². The average molecular weight is 501 g/mol. The number of nitrogens with zero attached hydrogens (tertiary/aromatic N) is 1. The Labute approximate surface area is 209 Å². The third kappa shape index (κ3) is 6.51. The molecule has 1 heterocycles. The first-order chi connectivity index (χ1) is 16.3. The number of rotatable bonds is 10. The number of nitrogens with one attached hydrogen (secondary N) is 1. The van der Waals surface area contributed by atoms with E-state index in [1.165, 1.54) is 26.0 Å². The van der Waals surface area contributed by atoms with Crippen molar-refractivity contribution in [3.05, 3.63) is 52.4 Å². The minimum Gasteiger partial charge on any atom is -0.502 e. The van der Waals surface area contributed by atoms with Crippen LogP contribution in [-0.4, -0.2) is 46.9 Å². The highest BCUT2D eigenvalue weighted by Crippen LogP contribution is 2.39. The number of aryl methyl sites for hydroxylation is 1. The quantitative estimate of drug-likeness (QED) is 0.266. The number of anilines is 1. The number of phenols is 1. The van der Waals surface area contributed by atoms with E-state index in [2.05, 4.69) is 5.32 Å². The molecule has 0 aromatic heterocycles. The molecule has 0 radical (unpaired) electrons. The van der Waals surface area contributed by atoms with Gasteiger partial charge in [-0.05, 0) is 55.7 Å². The minimum atomic E-state index is -0.155. The number of hydrogen-bond acceptors (Lipinski definition) is 7. The van der Waals surface area contributed by atoms with Crippen molar-refractivity contribution < 1.29 is 24.2 Å². The van der Waals surface area contributed by atoms with Crippen LogP contribution in [0.5, 0.6) is 17.2 Å². The summed E-state index contributed by atoms with van der Waals surface area (Å²) in [7, 11) is 2.90. The van der Waals surface area contributed by atoms with Crippen molar-refractivity contribution in [2.75, 3.05) is 26.1 Å². The van der Waals surface area contributed by atoms with Crippen molar-refractivity contribution in [3.8, 4) is 17.2 Å². The molecule has 0 spiro atoms. The van der Waals surface area contributed by atoms with Crippen LogP contribution in [0.2, 0.25) is 0 Å². The van der Waals surface area contributed by atoms with Gasteiger partial charge < -0.3 is 19.9 Å². The lowest BCUT2D eigenvalue weighted by Crippen LogP contribution is -2.29. The second-order valence-corrected chi connectivity index (χ2v) is 9.51. The molecular weight excluding hydrogens is 472 g/mol. The van der Waals surface area contributed by atoms with E-state index in [4.69, 9.17) is 21.7 Å². The van der Waals surface area contributed by atoms with E-state index in [1.54, 1.807) is 23.1 Å². The fourth-order valence-corrected chi connectivity index (χ4v) is 4.74. The highest BCUT2D eigenvalue weighted by molar-refractivity contribution is 8.26. The standard InChI is InChI=1S/C25H28N2O5S2/c1-16-8-10-18(11-9-16)26-22(28)7-5-4-6-12-27-24(30)21(34-25(27)33)15-17-13-19(31-2)23(29)20(14-17)32-3/h8-11,13-15,29H,4-7,12H2,1-3H3,(H,26,28)/b21-15-.